The van der Waals surface area contributed by atoms with E-state index in [1.54, 1.807) is 7.11 Å². The van der Waals surface area contributed by atoms with Gasteiger partial charge in [-0.2, -0.15) is 0 Å². The van der Waals surface area contributed by atoms with Crippen LogP contribution in [0.5, 0.6) is 5.75 Å². The van der Waals surface area contributed by atoms with E-state index in [4.69, 9.17) is 9.26 Å². The van der Waals surface area contributed by atoms with Gasteiger partial charge < -0.3 is 19.5 Å². The summed E-state index contributed by atoms with van der Waals surface area (Å²) >= 11 is 0. The molecule has 0 bridgehead atoms. The lowest BCUT2D eigenvalue weighted by molar-refractivity contribution is 0.307. The van der Waals surface area contributed by atoms with Crippen LogP contribution in [0.3, 0.4) is 0 Å². The molecule has 5 nitrogen and oxygen atoms in total. The predicted octanol–water partition coefficient (Wildman–Crippen LogP) is 6.29. The second-order valence-electron chi connectivity index (χ2n) is 7.85. The first-order chi connectivity index (χ1) is 15.5. The first-order valence-electron chi connectivity index (χ1n) is 11.0. The number of ether oxygens (including phenoxy) is 1. The van der Waals surface area contributed by atoms with Crippen molar-refractivity contribution >= 4 is 24.0 Å². The van der Waals surface area contributed by atoms with E-state index < -0.39 is 13.2 Å². The first-order valence-corrected chi connectivity index (χ1v) is 12.7. The second kappa shape index (κ2) is 11.2. The molecule has 0 amide bonds. The average Bonchev–Trinajstić information content (AvgIpc) is 2.83. The molecule has 3 aromatic carbocycles. The number of rotatable bonds is 11. The summed E-state index contributed by atoms with van der Waals surface area (Å²) in [4.78, 5) is 2.02. The van der Waals surface area contributed by atoms with Gasteiger partial charge in [-0.25, -0.2) is 0 Å². The first kappa shape index (κ1) is 23.9. The van der Waals surface area contributed by atoms with Crippen molar-refractivity contribution in [2.75, 3.05) is 38.0 Å². The lowest BCUT2D eigenvalue weighted by Gasteiger charge is -2.31. The topological polar surface area (TPSA) is 50.8 Å². The van der Waals surface area contributed by atoms with Crippen molar-refractivity contribution in [2.24, 2.45) is 0 Å². The summed E-state index contributed by atoms with van der Waals surface area (Å²) in [5, 5.41) is 4.17. The van der Waals surface area contributed by atoms with Crippen molar-refractivity contribution in [3.05, 3.63) is 84.4 Å². The molecule has 0 spiro atoms. The molecule has 0 saturated heterocycles. The number of benzene rings is 3. The maximum Gasteiger partial charge on any atom is 0.258 e. The van der Waals surface area contributed by atoms with Gasteiger partial charge in [0.25, 0.3) is 7.37 Å². The number of nitrogens with zero attached hydrogens (tertiary/aromatic N) is 1. The van der Waals surface area contributed by atoms with E-state index in [2.05, 4.69) is 12.2 Å². The minimum absolute atomic E-state index is 0.422. The van der Waals surface area contributed by atoms with Gasteiger partial charge in [0.1, 0.15) is 11.5 Å². The number of hydrogen-bond donors (Lipinski definition) is 1. The molecule has 3 rings (SSSR count). The van der Waals surface area contributed by atoms with Crippen LogP contribution in [-0.2, 0) is 9.09 Å². The molecule has 0 aliphatic carbocycles. The highest BCUT2D eigenvalue weighted by molar-refractivity contribution is 7.67. The molecule has 0 aliphatic heterocycles. The van der Waals surface area contributed by atoms with Gasteiger partial charge in [-0.15, -0.1) is 0 Å². The molecule has 0 aromatic heterocycles. The highest BCUT2D eigenvalue weighted by Crippen LogP contribution is 2.60. The van der Waals surface area contributed by atoms with Crippen LogP contribution in [0.25, 0.3) is 0 Å². The molecule has 3 aromatic rings. The summed E-state index contributed by atoms with van der Waals surface area (Å²) in [7, 11) is 2.21. The third kappa shape index (κ3) is 5.53. The third-order valence-electron chi connectivity index (χ3n) is 5.36. The molecule has 0 fully saturated rings. The Hall–Kier alpha value is -2.75. The monoisotopic (exact) mass is 452 g/mol. The molecule has 2 unspecified atom stereocenters. The Morgan fingerprint density at radius 1 is 0.938 bits per heavy atom. The van der Waals surface area contributed by atoms with Gasteiger partial charge in [-0.1, -0.05) is 49.7 Å². The van der Waals surface area contributed by atoms with Gasteiger partial charge in [0.15, 0.2) is 0 Å². The Morgan fingerprint density at radius 2 is 1.59 bits per heavy atom. The second-order valence-corrected chi connectivity index (χ2v) is 10.3. The van der Waals surface area contributed by atoms with Gasteiger partial charge in [0.2, 0.25) is 0 Å². The molecule has 170 valence electrons. The number of nitrogens with one attached hydrogen (secondary N) is 1. The van der Waals surface area contributed by atoms with Gasteiger partial charge >= 0.3 is 0 Å². The molecule has 0 saturated carbocycles. The van der Waals surface area contributed by atoms with Crippen molar-refractivity contribution in [1.29, 1.82) is 0 Å². The van der Waals surface area contributed by atoms with Gasteiger partial charge in [-0.3, -0.25) is 4.57 Å². The van der Waals surface area contributed by atoms with Crippen LogP contribution in [0.15, 0.2) is 78.9 Å². The van der Waals surface area contributed by atoms with Crippen LogP contribution in [0.1, 0.15) is 31.1 Å². The number of unbranched alkanes of at least 4 members (excludes halogenated alkanes) is 1. The Kier molecular flexibility index (Phi) is 8.38. The minimum Gasteiger partial charge on any atom is -0.496 e. The van der Waals surface area contributed by atoms with Gasteiger partial charge in [0.05, 0.1) is 13.7 Å². The van der Waals surface area contributed by atoms with E-state index in [1.165, 1.54) is 0 Å². The van der Waals surface area contributed by atoms with Crippen LogP contribution in [0.4, 0.5) is 11.4 Å². The SMILES string of the molecule is CCCCOP(=O)(c1ccc(N(C)C)cc1)C(Nc1ccccc1)c1ccccc1OC. The Bertz CT molecular complexity index is 1020. The van der Waals surface area contributed by atoms with Crippen LogP contribution in [-0.4, -0.2) is 27.8 Å². The van der Waals surface area contributed by atoms with Crippen molar-refractivity contribution in [3.63, 3.8) is 0 Å². The number of para-hydroxylation sites is 2. The summed E-state index contributed by atoms with van der Waals surface area (Å²) in [6.07, 6.45) is 1.80. The van der Waals surface area contributed by atoms with Gasteiger partial charge in [-0.05, 0) is 48.9 Å². The van der Waals surface area contributed by atoms with E-state index in [0.717, 1.165) is 29.8 Å². The third-order valence-corrected chi connectivity index (χ3v) is 8.03. The Morgan fingerprint density at radius 3 is 2.22 bits per heavy atom. The fourth-order valence-electron chi connectivity index (χ4n) is 3.53. The van der Waals surface area contributed by atoms with Crippen molar-refractivity contribution in [2.45, 2.75) is 25.5 Å². The quantitative estimate of drug-likeness (QED) is 0.274. The maximum atomic E-state index is 14.8. The molecule has 32 heavy (non-hydrogen) atoms. The molecular formula is C26H33N2O3P. The van der Waals surface area contributed by atoms with Crippen molar-refractivity contribution in [3.8, 4) is 5.75 Å². The lowest BCUT2D eigenvalue weighted by atomic mass is 10.2. The van der Waals surface area contributed by atoms with Crippen LogP contribution in [0.2, 0.25) is 0 Å². The highest BCUT2D eigenvalue weighted by atomic mass is 31.2. The maximum absolute atomic E-state index is 14.8. The van der Waals surface area contributed by atoms with Crippen LogP contribution < -0.4 is 20.3 Å². The van der Waals surface area contributed by atoms with E-state index in [0.29, 0.717) is 17.7 Å². The standard InChI is InChI=1S/C26H33N2O3P/c1-5-6-20-31-32(29,23-18-16-22(17-19-23)28(2)3)26(27-21-12-8-7-9-13-21)24-14-10-11-15-25(24)30-4/h7-19,26-27H,5-6,20H2,1-4H3. The van der Waals surface area contributed by atoms with E-state index in [-0.39, 0.29) is 0 Å². The fraction of sp³-hybridized carbons (Fsp3) is 0.308. The van der Waals surface area contributed by atoms with Crippen LogP contribution in [0, 0.1) is 0 Å². The summed E-state index contributed by atoms with van der Waals surface area (Å²) in [6.45, 7) is 2.52. The Balaban J connectivity index is 2.14. The van der Waals surface area contributed by atoms with Crippen LogP contribution >= 0.6 is 7.37 Å². The molecule has 0 aliphatic rings. The molecule has 1 N–H and O–H groups in total. The van der Waals surface area contributed by atoms with Crippen molar-refractivity contribution in [1.82, 2.24) is 0 Å². The molecule has 6 heteroatoms. The summed E-state index contributed by atoms with van der Waals surface area (Å²) in [6, 6.07) is 25.3. The predicted molar refractivity (Wildman–Crippen MR) is 135 cm³/mol. The summed E-state index contributed by atoms with van der Waals surface area (Å²) < 4.78 is 26.7. The zero-order chi connectivity index (χ0) is 23.0. The molecular weight excluding hydrogens is 419 g/mol. The Labute approximate surface area is 191 Å². The number of anilines is 2. The fourth-order valence-corrected chi connectivity index (χ4v) is 5.99. The summed E-state index contributed by atoms with van der Waals surface area (Å²) in [5.74, 6) is 0.0632. The van der Waals surface area contributed by atoms with E-state index in [9.17, 15) is 4.57 Å². The zero-order valence-corrected chi connectivity index (χ0v) is 20.2. The van der Waals surface area contributed by atoms with E-state index in [1.807, 2.05) is 97.9 Å². The zero-order valence-electron chi connectivity index (χ0n) is 19.3. The molecule has 0 heterocycles. The largest absolute Gasteiger partial charge is 0.496 e. The van der Waals surface area contributed by atoms with Crippen molar-refractivity contribution < 1.29 is 13.8 Å². The molecule has 0 radical (unpaired) electrons. The normalized spacial score (nSPS) is 13.8. The minimum atomic E-state index is -3.40. The number of methoxy groups -OCH3 is 1. The average molecular weight is 453 g/mol. The van der Waals surface area contributed by atoms with E-state index >= 15 is 0 Å². The highest BCUT2D eigenvalue weighted by Gasteiger charge is 2.39. The summed E-state index contributed by atoms with van der Waals surface area (Å²) in [5.41, 5.74) is 2.71. The lowest BCUT2D eigenvalue weighted by Crippen LogP contribution is -2.22. The smallest absolute Gasteiger partial charge is 0.258 e. The van der Waals surface area contributed by atoms with Gasteiger partial charge in [0, 0.05) is 36.3 Å². The molecule has 2 atom stereocenters. The number of hydrogen-bond acceptors (Lipinski definition) is 5.